The Hall–Kier alpha value is -3.32. The Labute approximate surface area is 165 Å². The van der Waals surface area contributed by atoms with E-state index in [-0.39, 0.29) is 11.5 Å². The number of carbonyl (C=O) groups excluding carboxylic acids is 1. The zero-order valence-electron chi connectivity index (χ0n) is 15.3. The highest BCUT2D eigenvalue weighted by Crippen LogP contribution is 2.26. The molecular formula is C21H18N4O2S. The fraction of sp³-hybridized carbons (Fsp3) is 0.143. The number of hydrogen-bond donors (Lipinski definition) is 1. The molecule has 4 rings (SSSR count). The molecule has 0 aliphatic rings. The molecular weight excluding hydrogens is 372 g/mol. The van der Waals surface area contributed by atoms with E-state index < -0.39 is 0 Å². The van der Waals surface area contributed by atoms with Crippen molar-refractivity contribution in [2.45, 2.75) is 20.0 Å². The Bertz CT molecular complexity index is 1180. The van der Waals surface area contributed by atoms with Gasteiger partial charge < -0.3 is 5.32 Å². The summed E-state index contributed by atoms with van der Waals surface area (Å²) < 4.78 is 1.58. The van der Waals surface area contributed by atoms with Crippen LogP contribution in [0, 0.1) is 6.92 Å². The first-order valence-corrected chi connectivity index (χ1v) is 9.64. The topological polar surface area (TPSA) is 76.9 Å². The van der Waals surface area contributed by atoms with E-state index >= 15 is 0 Å². The molecule has 0 fully saturated rings. The van der Waals surface area contributed by atoms with Crippen molar-refractivity contribution < 1.29 is 4.79 Å². The van der Waals surface area contributed by atoms with Crippen LogP contribution in [0.2, 0.25) is 0 Å². The first-order chi connectivity index (χ1) is 13.6. The van der Waals surface area contributed by atoms with E-state index in [4.69, 9.17) is 0 Å². The molecule has 3 aromatic heterocycles. The average Bonchev–Trinajstić information content (AvgIpc) is 3.07. The molecule has 0 bridgehead atoms. The van der Waals surface area contributed by atoms with Gasteiger partial charge in [-0.2, -0.15) is 0 Å². The summed E-state index contributed by atoms with van der Waals surface area (Å²) >= 11 is 1.25. The van der Waals surface area contributed by atoms with Gasteiger partial charge in [-0.1, -0.05) is 30.3 Å². The van der Waals surface area contributed by atoms with Gasteiger partial charge in [0.1, 0.15) is 4.83 Å². The third-order valence-corrected chi connectivity index (χ3v) is 5.72. The second-order valence-corrected chi connectivity index (χ2v) is 7.44. The van der Waals surface area contributed by atoms with Gasteiger partial charge in [0, 0.05) is 18.9 Å². The van der Waals surface area contributed by atoms with Crippen LogP contribution in [0.3, 0.4) is 0 Å². The number of aryl methyl sites for hydroxylation is 1. The lowest BCUT2D eigenvalue weighted by Gasteiger charge is -2.05. The minimum absolute atomic E-state index is 0.129. The number of pyridine rings is 1. The van der Waals surface area contributed by atoms with Gasteiger partial charge in [0.05, 0.1) is 23.1 Å². The monoisotopic (exact) mass is 390 g/mol. The Kier molecular flexibility index (Phi) is 4.99. The summed E-state index contributed by atoms with van der Waals surface area (Å²) in [6.07, 6.45) is 4.92. The smallest absolute Gasteiger partial charge is 0.262 e. The molecule has 6 nitrogen and oxygen atoms in total. The molecule has 0 aliphatic heterocycles. The van der Waals surface area contributed by atoms with Crippen LogP contribution in [0.25, 0.3) is 10.2 Å². The lowest BCUT2D eigenvalue weighted by atomic mass is 10.2. The fourth-order valence-corrected chi connectivity index (χ4v) is 4.09. The minimum atomic E-state index is -0.202. The van der Waals surface area contributed by atoms with Crippen LogP contribution in [0.5, 0.6) is 0 Å². The predicted molar refractivity (Wildman–Crippen MR) is 110 cm³/mol. The molecule has 3 heterocycles. The molecule has 0 atom stereocenters. The number of nitrogens with one attached hydrogen (secondary N) is 1. The Morgan fingerprint density at radius 3 is 2.61 bits per heavy atom. The van der Waals surface area contributed by atoms with E-state index in [2.05, 4.69) is 15.3 Å². The van der Waals surface area contributed by atoms with Crippen molar-refractivity contribution in [2.75, 3.05) is 0 Å². The first kappa shape index (κ1) is 18.1. The third kappa shape index (κ3) is 3.57. The molecule has 1 aromatic carbocycles. The van der Waals surface area contributed by atoms with E-state index in [1.807, 2.05) is 42.5 Å². The van der Waals surface area contributed by atoms with Gasteiger partial charge in [-0.15, -0.1) is 11.3 Å². The van der Waals surface area contributed by atoms with Crippen LogP contribution in [0.1, 0.15) is 26.4 Å². The van der Waals surface area contributed by atoms with Gasteiger partial charge in [-0.05, 0) is 35.7 Å². The molecule has 0 aliphatic carbocycles. The van der Waals surface area contributed by atoms with E-state index in [0.717, 1.165) is 11.1 Å². The SMILES string of the molecule is Cc1c(C(=O)NCc2ccncc2)sc2ncn(Cc3ccccc3)c(=O)c12. The molecule has 28 heavy (non-hydrogen) atoms. The van der Waals surface area contributed by atoms with E-state index in [1.54, 1.807) is 30.2 Å². The van der Waals surface area contributed by atoms with Crippen molar-refractivity contribution in [3.05, 3.63) is 93.1 Å². The van der Waals surface area contributed by atoms with Gasteiger partial charge >= 0.3 is 0 Å². The van der Waals surface area contributed by atoms with Crippen LogP contribution in [0.15, 0.2) is 66.0 Å². The van der Waals surface area contributed by atoms with Crippen molar-refractivity contribution in [1.82, 2.24) is 19.9 Å². The standard InChI is InChI=1S/C21H18N4O2S/c1-14-17-20(24-13-25(21(17)27)12-16-5-3-2-4-6-16)28-18(14)19(26)23-11-15-7-9-22-10-8-15/h2-10,13H,11-12H2,1H3,(H,23,26). The number of aromatic nitrogens is 3. The summed E-state index contributed by atoms with van der Waals surface area (Å²) in [7, 11) is 0. The lowest BCUT2D eigenvalue weighted by Crippen LogP contribution is -2.23. The van der Waals surface area contributed by atoms with Crippen LogP contribution >= 0.6 is 11.3 Å². The highest BCUT2D eigenvalue weighted by atomic mass is 32.1. The maximum Gasteiger partial charge on any atom is 0.262 e. The normalized spacial score (nSPS) is 10.9. The molecule has 1 amide bonds. The van der Waals surface area contributed by atoms with Crippen LogP contribution < -0.4 is 10.9 Å². The van der Waals surface area contributed by atoms with Crippen molar-refractivity contribution in [1.29, 1.82) is 0 Å². The number of thiophene rings is 1. The summed E-state index contributed by atoms with van der Waals surface area (Å²) in [5.74, 6) is -0.202. The Morgan fingerprint density at radius 2 is 1.86 bits per heavy atom. The van der Waals surface area contributed by atoms with Gasteiger partial charge in [0.15, 0.2) is 0 Å². The average molecular weight is 390 g/mol. The molecule has 0 radical (unpaired) electrons. The second kappa shape index (κ2) is 7.74. The van der Waals surface area contributed by atoms with Crippen molar-refractivity contribution >= 4 is 27.5 Å². The highest BCUT2D eigenvalue weighted by molar-refractivity contribution is 7.20. The summed E-state index contributed by atoms with van der Waals surface area (Å²) in [6.45, 7) is 2.65. The maximum atomic E-state index is 13.0. The quantitative estimate of drug-likeness (QED) is 0.568. The minimum Gasteiger partial charge on any atom is -0.347 e. The number of amides is 1. The van der Waals surface area contributed by atoms with Crippen molar-refractivity contribution in [3.63, 3.8) is 0 Å². The molecule has 4 aromatic rings. The van der Waals surface area contributed by atoms with E-state index in [1.165, 1.54) is 11.3 Å². The number of benzene rings is 1. The number of hydrogen-bond acceptors (Lipinski definition) is 5. The zero-order chi connectivity index (χ0) is 19.5. The van der Waals surface area contributed by atoms with Crippen molar-refractivity contribution in [2.24, 2.45) is 0 Å². The van der Waals surface area contributed by atoms with Crippen molar-refractivity contribution in [3.8, 4) is 0 Å². The molecule has 7 heteroatoms. The number of rotatable bonds is 5. The molecule has 0 spiro atoms. The zero-order valence-corrected chi connectivity index (χ0v) is 16.1. The summed E-state index contributed by atoms with van der Waals surface area (Å²) in [4.78, 5) is 35.1. The fourth-order valence-electron chi connectivity index (χ4n) is 3.03. The van der Waals surface area contributed by atoms with Crippen LogP contribution in [0.4, 0.5) is 0 Å². The molecule has 0 saturated heterocycles. The molecule has 0 saturated carbocycles. The molecule has 1 N–H and O–H groups in total. The summed E-state index contributed by atoms with van der Waals surface area (Å²) in [6, 6.07) is 13.4. The number of carbonyl (C=O) groups is 1. The summed E-state index contributed by atoms with van der Waals surface area (Å²) in [5.41, 5.74) is 2.53. The number of fused-ring (bicyclic) bond motifs is 1. The largest absolute Gasteiger partial charge is 0.347 e. The van der Waals surface area contributed by atoms with Gasteiger partial charge in [0.25, 0.3) is 11.5 Å². The van der Waals surface area contributed by atoms with E-state index in [9.17, 15) is 9.59 Å². The van der Waals surface area contributed by atoms with E-state index in [0.29, 0.717) is 33.7 Å². The van der Waals surface area contributed by atoms with Gasteiger partial charge in [-0.25, -0.2) is 4.98 Å². The number of nitrogens with zero attached hydrogens (tertiary/aromatic N) is 3. The second-order valence-electron chi connectivity index (χ2n) is 6.44. The summed E-state index contributed by atoms with van der Waals surface area (Å²) in [5, 5.41) is 3.41. The first-order valence-electron chi connectivity index (χ1n) is 8.83. The van der Waals surface area contributed by atoms with Gasteiger partial charge in [0.2, 0.25) is 0 Å². The Morgan fingerprint density at radius 1 is 1.11 bits per heavy atom. The maximum absolute atomic E-state index is 13.0. The van der Waals surface area contributed by atoms with Gasteiger partial charge in [-0.3, -0.25) is 19.1 Å². The predicted octanol–water partition coefficient (Wildman–Crippen LogP) is 3.14. The molecule has 140 valence electrons. The van der Waals surface area contributed by atoms with Crippen LogP contribution in [-0.2, 0) is 13.1 Å². The lowest BCUT2D eigenvalue weighted by molar-refractivity contribution is 0.0954. The molecule has 0 unspecified atom stereocenters. The highest BCUT2D eigenvalue weighted by Gasteiger charge is 2.19. The Balaban J connectivity index is 1.62. The van der Waals surface area contributed by atoms with Crippen LogP contribution in [-0.4, -0.2) is 20.4 Å². The third-order valence-electron chi connectivity index (χ3n) is 4.52.